The Morgan fingerprint density at radius 3 is 2.24 bits per heavy atom. The van der Waals surface area contributed by atoms with E-state index in [0.29, 0.717) is 24.2 Å². The number of carbonyl (C=O) groups excluding carboxylic acids is 2. The maximum atomic E-state index is 12.2. The van der Waals surface area contributed by atoms with E-state index >= 15 is 0 Å². The Hall–Kier alpha value is -2.88. The second-order valence-corrected chi connectivity index (χ2v) is 10.4. The molecular weight excluding hydrogens is 456 g/mol. The SMILES string of the molecule is CCCC.CCCC(CC)N1C(=O)Cc2ccccc21.CCc1cccc2c(C(=O)C3CC3)cn(C)c12. The van der Waals surface area contributed by atoms with Crippen LogP contribution in [0.1, 0.15) is 101 Å². The summed E-state index contributed by atoms with van der Waals surface area (Å²) in [5.74, 6) is 0.899. The molecule has 1 atom stereocenters. The third-order valence-electron chi connectivity index (χ3n) is 7.50. The van der Waals surface area contributed by atoms with E-state index in [4.69, 9.17) is 0 Å². The molecule has 200 valence electrons. The van der Waals surface area contributed by atoms with Crippen LogP contribution in [0.15, 0.2) is 48.7 Å². The predicted octanol–water partition coefficient (Wildman–Crippen LogP) is 8.29. The fraction of sp³-hybridized carbons (Fsp3) is 0.515. The van der Waals surface area contributed by atoms with Crippen molar-refractivity contribution >= 4 is 28.3 Å². The molecule has 4 nitrogen and oxygen atoms in total. The predicted molar refractivity (Wildman–Crippen MR) is 157 cm³/mol. The number of Topliss-reactive ketones (excluding diaryl/α,β-unsaturated/α-hetero) is 1. The Morgan fingerprint density at radius 2 is 1.65 bits per heavy atom. The minimum atomic E-state index is 0.265. The van der Waals surface area contributed by atoms with Gasteiger partial charge in [-0.3, -0.25) is 9.59 Å². The van der Waals surface area contributed by atoms with E-state index in [-0.39, 0.29) is 5.91 Å². The third kappa shape index (κ3) is 6.71. The Kier molecular flexibility index (Phi) is 10.5. The molecule has 3 aromatic rings. The van der Waals surface area contributed by atoms with Crippen molar-refractivity contribution < 1.29 is 9.59 Å². The first-order valence-electron chi connectivity index (χ1n) is 14.4. The van der Waals surface area contributed by atoms with Gasteiger partial charge in [0.15, 0.2) is 5.78 Å². The number of ketones is 1. The first-order valence-corrected chi connectivity index (χ1v) is 14.4. The number of para-hydroxylation sites is 2. The second kappa shape index (κ2) is 13.6. The van der Waals surface area contributed by atoms with Crippen molar-refractivity contribution in [1.29, 1.82) is 0 Å². The summed E-state index contributed by atoms with van der Waals surface area (Å²) in [6.45, 7) is 10.9. The number of anilines is 1. The number of amides is 1. The molecule has 1 unspecified atom stereocenters. The molecular formula is C33H46N2O2. The van der Waals surface area contributed by atoms with Crippen LogP contribution in [0.4, 0.5) is 5.69 Å². The molecule has 2 heterocycles. The third-order valence-corrected chi connectivity index (χ3v) is 7.50. The van der Waals surface area contributed by atoms with Crippen LogP contribution in [0.2, 0.25) is 0 Å². The van der Waals surface area contributed by atoms with Gasteiger partial charge in [0, 0.05) is 41.8 Å². The van der Waals surface area contributed by atoms with Gasteiger partial charge in [0.05, 0.1) is 11.9 Å². The standard InChI is InChI=1S/C15H17NO.C14H19NO.C4H10/c1-3-10-5-4-6-12-13(9-16(2)14(10)12)15(17)11-7-8-11;1-3-7-12(4-2)15-13-9-6-5-8-11(13)10-14(15)16;1-3-4-2/h4-6,9,11H,3,7-8H2,1-2H3;5-6,8-9,12H,3-4,7,10H2,1-2H3;3-4H2,1-2H3. The normalized spacial score (nSPS) is 15.0. The average Bonchev–Trinajstić information content (AvgIpc) is 3.65. The number of aryl methyl sites for hydroxylation is 2. The summed E-state index contributed by atoms with van der Waals surface area (Å²) < 4.78 is 2.10. The molecule has 2 aliphatic rings. The van der Waals surface area contributed by atoms with E-state index < -0.39 is 0 Å². The molecule has 1 saturated carbocycles. The minimum absolute atomic E-state index is 0.265. The fourth-order valence-electron chi connectivity index (χ4n) is 5.13. The van der Waals surface area contributed by atoms with Crippen LogP contribution in [-0.2, 0) is 24.7 Å². The topological polar surface area (TPSA) is 42.3 Å². The van der Waals surface area contributed by atoms with Gasteiger partial charge in [-0.15, -0.1) is 0 Å². The van der Waals surface area contributed by atoms with Crippen LogP contribution in [0.3, 0.4) is 0 Å². The number of unbranched alkanes of at least 4 members (excludes halogenated alkanes) is 1. The van der Waals surface area contributed by atoms with Gasteiger partial charge in [-0.1, -0.05) is 90.3 Å². The Labute approximate surface area is 224 Å². The molecule has 0 saturated heterocycles. The van der Waals surface area contributed by atoms with Crippen LogP contribution in [-0.4, -0.2) is 22.3 Å². The number of benzene rings is 2. The summed E-state index contributed by atoms with van der Waals surface area (Å²) in [6.07, 6.45) is 11.6. The van der Waals surface area contributed by atoms with Gasteiger partial charge in [-0.05, 0) is 49.3 Å². The Bertz CT molecular complexity index is 1190. The van der Waals surface area contributed by atoms with E-state index in [9.17, 15) is 9.59 Å². The lowest BCUT2D eigenvalue weighted by Gasteiger charge is -2.27. The quantitative estimate of drug-likeness (QED) is 0.291. The van der Waals surface area contributed by atoms with E-state index in [1.54, 1.807) is 0 Å². The van der Waals surface area contributed by atoms with Crippen molar-refractivity contribution in [2.75, 3.05) is 4.90 Å². The molecule has 1 amide bonds. The fourth-order valence-corrected chi connectivity index (χ4v) is 5.13. The van der Waals surface area contributed by atoms with E-state index in [1.165, 1.54) is 29.5 Å². The van der Waals surface area contributed by atoms with Crippen molar-refractivity contribution in [2.45, 2.75) is 98.4 Å². The highest BCUT2D eigenvalue weighted by Gasteiger charge is 2.32. The number of rotatable bonds is 8. The van der Waals surface area contributed by atoms with E-state index in [0.717, 1.165) is 55.2 Å². The zero-order chi connectivity index (χ0) is 26.9. The second-order valence-electron chi connectivity index (χ2n) is 10.4. The highest BCUT2D eigenvalue weighted by atomic mass is 16.2. The maximum Gasteiger partial charge on any atom is 0.231 e. The zero-order valence-electron chi connectivity index (χ0n) is 23.8. The van der Waals surface area contributed by atoms with Crippen molar-refractivity contribution in [3.8, 4) is 0 Å². The molecule has 37 heavy (non-hydrogen) atoms. The zero-order valence-corrected chi connectivity index (χ0v) is 23.8. The monoisotopic (exact) mass is 502 g/mol. The van der Waals surface area contributed by atoms with Gasteiger partial charge < -0.3 is 9.47 Å². The first-order chi connectivity index (χ1) is 17.9. The van der Waals surface area contributed by atoms with Gasteiger partial charge in [-0.2, -0.15) is 0 Å². The number of hydrogen-bond donors (Lipinski definition) is 0. The number of carbonyl (C=O) groups is 2. The number of nitrogens with zero attached hydrogens (tertiary/aromatic N) is 2. The molecule has 1 aliphatic carbocycles. The summed E-state index contributed by atoms with van der Waals surface area (Å²) in [4.78, 5) is 26.3. The van der Waals surface area contributed by atoms with E-state index in [2.05, 4.69) is 69.5 Å². The molecule has 1 fully saturated rings. The van der Waals surface area contributed by atoms with Crippen LogP contribution < -0.4 is 4.90 Å². The molecule has 1 aliphatic heterocycles. The molecule has 0 spiro atoms. The molecule has 0 radical (unpaired) electrons. The molecule has 0 N–H and O–H groups in total. The summed E-state index contributed by atoms with van der Waals surface area (Å²) in [7, 11) is 2.03. The largest absolute Gasteiger partial charge is 0.350 e. The highest BCUT2D eigenvalue weighted by Crippen LogP contribution is 2.36. The number of hydrogen-bond acceptors (Lipinski definition) is 2. The number of fused-ring (bicyclic) bond motifs is 2. The van der Waals surface area contributed by atoms with Crippen LogP contribution >= 0.6 is 0 Å². The van der Waals surface area contributed by atoms with Gasteiger partial charge >= 0.3 is 0 Å². The van der Waals surface area contributed by atoms with Crippen molar-refractivity contribution in [3.63, 3.8) is 0 Å². The summed E-state index contributed by atoms with van der Waals surface area (Å²) >= 11 is 0. The van der Waals surface area contributed by atoms with Gasteiger partial charge in [0.1, 0.15) is 0 Å². The van der Waals surface area contributed by atoms with Crippen LogP contribution in [0.25, 0.3) is 10.9 Å². The van der Waals surface area contributed by atoms with Crippen LogP contribution in [0, 0.1) is 5.92 Å². The Balaban J connectivity index is 0.000000180. The van der Waals surface area contributed by atoms with Crippen molar-refractivity contribution in [1.82, 2.24) is 4.57 Å². The van der Waals surface area contributed by atoms with E-state index in [1.807, 2.05) is 30.3 Å². The lowest BCUT2D eigenvalue weighted by atomic mass is 10.0. The number of aromatic nitrogens is 1. The molecule has 4 heteroatoms. The Morgan fingerprint density at radius 1 is 0.946 bits per heavy atom. The van der Waals surface area contributed by atoms with Crippen molar-refractivity contribution in [2.24, 2.45) is 13.0 Å². The van der Waals surface area contributed by atoms with Crippen molar-refractivity contribution in [3.05, 3.63) is 65.4 Å². The molecule has 5 rings (SSSR count). The smallest absolute Gasteiger partial charge is 0.231 e. The summed E-state index contributed by atoms with van der Waals surface area (Å²) in [6, 6.07) is 14.8. The summed E-state index contributed by atoms with van der Waals surface area (Å²) in [5, 5.41) is 1.13. The summed E-state index contributed by atoms with van der Waals surface area (Å²) in [5.41, 5.74) is 5.77. The minimum Gasteiger partial charge on any atom is -0.350 e. The van der Waals surface area contributed by atoms with Gasteiger partial charge in [-0.25, -0.2) is 0 Å². The van der Waals surface area contributed by atoms with Gasteiger partial charge in [0.25, 0.3) is 0 Å². The first kappa shape index (κ1) is 28.7. The lowest BCUT2D eigenvalue weighted by Crippen LogP contribution is -2.37. The van der Waals surface area contributed by atoms with Gasteiger partial charge in [0.2, 0.25) is 5.91 Å². The average molecular weight is 503 g/mol. The molecule has 1 aromatic heterocycles. The maximum absolute atomic E-state index is 12.2. The molecule has 2 aromatic carbocycles. The highest BCUT2D eigenvalue weighted by molar-refractivity contribution is 6.10. The molecule has 0 bridgehead atoms. The van der Waals surface area contributed by atoms with Crippen LogP contribution in [0.5, 0.6) is 0 Å². The lowest BCUT2D eigenvalue weighted by molar-refractivity contribution is -0.117.